The summed E-state index contributed by atoms with van der Waals surface area (Å²) in [5, 5.41) is 8.81. The first-order chi connectivity index (χ1) is 5.87. The van der Waals surface area contributed by atoms with Crippen LogP contribution >= 0.6 is 0 Å². The summed E-state index contributed by atoms with van der Waals surface area (Å²) >= 11 is 0. The van der Waals surface area contributed by atoms with Crippen LogP contribution in [0.15, 0.2) is 12.2 Å². The maximum atomic E-state index is 10.7. The average molecular weight is 182 g/mol. The first-order valence-corrected chi connectivity index (χ1v) is 4.29. The second kappa shape index (κ2) is 2.98. The van der Waals surface area contributed by atoms with E-state index in [1.54, 1.807) is 6.08 Å². The number of carbonyl (C=O) groups is 2. The van der Waals surface area contributed by atoms with Gasteiger partial charge in [0.1, 0.15) is 0 Å². The van der Waals surface area contributed by atoms with Gasteiger partial charge in [0.05, 0.1) is 5.92 Å². The Bertz CT molecular complexity index is 276. The quantitative estimate of drug-likeness (QED) is 0.673. The van der Waals surface area contributed by atoms with Crippen molar-refractivity contribution < 1.29 is 14.7 Å². The van der Waals surface area contributed by atoms with Crippen LogP contribution in [0.1, 0.15) is 20.8 Å². The Morgan fingerprint density at radius 1 is 1.38 bits per heavy atom. The number of allylic oxidation sites excluding steroid dienone is 2. The predicted octanol–water partition coefficient (Wildman–Crippen LogP) is 1.49. The van der Waals surface area contributed by atoms with E-state index in [9.17, 15) is 9.59 Å². The number of rotatable bonds is 3. The van der Waals surface area contributed by atoms with E-state index in [0.717, 1.165) is 0 Å². The lowest BCUT2D eigenvalue weighted by molar-refractivity contribution is -0.139. The Morgan fingerprint density at radius 3 is 2.23 bits per heavy atom. The molecule has 1 aliphatic carbocycles. The van der Waals surface area contributed by atoms with Gasteiger partial charge in [-0.05, 0) is 24.3 Å². The third-order valence-electron chi connectivity index (χ3n) is 2.72. The molecule has 0 saturated heterocycles. The molecule has 0 heterocycles. The van der Waals surface area contributed by atoms with Crippen molar-refractivity contribution in [3.05, 3.63) is 12.2 Å². The monoisotopic (exact) mass is 182 g/mol. The van der Waals surface area contributed by atoms with Crippen LogP contribution in [0, 0.1) is 17.3 Å². The average Bonchev–Trinajstić information content (AvgIpc) is 2.48. The van der Waals surface area contributed by atoms with E-state index in [2.05, 4.69) is 0 Å². The van der Waals surface area contributed by atoms with Gasteiger partial charge in [0.2, 0.25) is 0 Å². The van der Waals surface area contributed by atoms with Crippen molar-refractivity contribution in [2.45, 2.75) is 20.8 Å². The normalized spacial score (nSPS) is 30.4. The lowest BCUT2D eigenvalue weighted by Gasteiger charge is -1.95. The van der Waals surface area contributed by atoms with E-state index < -0.39 is 5.97 Å². The summed E-state index contributed by atoms with van der Waals surface area (Å²) in [7, 11) is 0. The molecule has 72 valence electrons. The van der Waals surface area contributed by atoms with Crippen LogP contribution in [-0.2, 0) is 9.59 Å². The predicted molar refractivity (Wildman–Crippen MR) is 48.2 cm³/mol. The smallest absolute Gasteiger partial charge is 0.307 e. The van der Waals surface area contributed by atoms with Crippen molar-refractivity contribution in [2.24, 2.45) is 17.3 Å². The fourth-order valence-corrected chi connectivity index (χ4v) is 1.75. The highest BCUT2D eigenvalue weighted by Crippen LogP contribution is 2.58. The van der Waals surface area contributed by atoms with Gasteiger partial charge in [0, 0.05) is 0 Å². The number of carboxylic acid groups (broad SMARTS) is 1. The number of carbonyl (C=O) groups excluding carboxylic acids is 1. The Kier molecular flexibility index (Phi) is 2.28. The van der Waals surface area contributed by atoms with Gasteiger partial charge >= 0.3 is 5.97 Å². The van der Waals surface area contributed by atoms with Gasteiger partial charge in [-0.15, -0.1) is 0 Å². The Hall–Kier alpha value is -1.12. The molecule has 0 bridgehead atoms. The molecule has 1 fully saturated rings. The molecule has 1 aliphatic rings. The zero-order chi connectivity index (χ0) is 10.2. The van der Waals surface area contributed by atoms with Gasteiger partial charge in [0.25, 0.3) is 0 Å². The van der Waals surface area contributed by atoms with Gasteiger partial charge in [-0.2, -0.15) is 0 Å². The zero-order valence-electron chi connectivity index (χ0n) is 8.07. The van der Waals surface area contributed by atoms with Gasteiger partial charge in [-0.1, -0.05) is 19.9 Å². The molecule has 0 amide bonds. The van der Waals surface area contributed by atoms with E-state index in [1.807, 2.05) is 13.8 Å². The fraction of sp³-hybridized carbons (Fsp3) is 0.600. The van der Waals surface area contributed by atoms with Crippen LogP contribution in [0.4, 0.5) is 0 Å². The SMILES string of the molecule is CC(=O)/C=C/C1C(C(=O)O)C1(C)C. The van der Waals surface area contributed by atoms with Crippen LogP contribution in [0.3, 0.4) is 0 Å². The van der Waals surface area contributed by atoms with Gasteiger partial charge in [-0.25, -0.2) is 0 Å². The molecule has 3 heteroatoms. The molecule has 13 heavy (non-hydrogen) atoms. The fourth-order valence-electron chi connectivity index (χ4n) is 1.75. The molecular formula is C10H14O3. The number of hydrogen-bond acceptors (Lipinski definition) is 2. The number of aliphatic carboxylic acids is 1. The third kappa shape index (κ3) is 1.79. The van der Waals surface area contributed by atoms with Crippen LogP contribution in [0.25, 0.3) is 0 Å². The first-order valence-electron chi connectivity index (χ1n) is 4.29. The molecule has 0 aliphatic heterocycles. The van der Waals surface area contributed by atoms with Gasteiger partial charge in [0.15, 0.2) is 5.78 Å². The van der Waals surface area contributed by atoms with Crippen molar-refractivity contribution in [1.29, 1.82) is 0 Å². The molecule has 1 saturated carbocycles. The second-order valence-corrected chi connectivity index (χ2v) is 4.13. The number of carboxylic acids is 1. The lowest BCUT2D eigenvalue weighted by Crippen LogP contribution is -2.03. The minimum absolute atomic E-state index is 0.00824. The van der Waals surface area contributed by atoms with E-state index in [-0.39, 0.29) is 23.0 Å². The molecule has 0 aromatic heterocycles. The molecule has 1 N–H and O–H groups in total. The minimum atomic E-state index is -0.775. The van der Waals surface area contributed by atoms with Crippen LogP contribution in [-0.4, -0.2) is 16.9 Å². The number of ketones is 1. The highest BCUT2D eigenvalue weighted by atomic mass is 16.4. The van der Waals surface area contributed by atoms with Crippen molar-refractivity contribution in [3.8, 4) is 0 Å². The first kappa shape index (κ1) is 9.96. The van der Waals surface area contributed by atoms with Crippen molar-refractivity contribution in [2.75, 3.05) is 0 Å². The number of hydrogen-bond donors (Lipinski definition) is 1. The van der Waals surface area contributed by atoms with Crippen molar-refractivity contribution >= 4 is 11.8 Å². The molecular weight excluding hydrogens is 168 g/mol. The molecule has 3 nitrogen and oxygen atoms in total. The van der Waals surface area contributed by atoms with E-state index in [0.29, 0.717) is 0 Å². The van der Waals surface area contributed by atoms with Crippen LogP contribution < -0.4 is 0 Å². The van der Waals surface area contributed by atoms with E-state index in [1.165, 1.54) is 13.0 Å². The van der Waals surface area contributed by atoms with E-state index >= 15 is 0 Å². The highest BCUT2D eigenvalue weighted by molar-refractivity contribution is 5.87. The maximum Gasteiger partial charge on any atom is 0.307 e. The van der Waals surface area contributed by atoms with Gasteiger partial charge in [-0.3, -0.25) is 9.59 Å². The third-order valence-corrected chi connectivity index (χ3v) is 2.72. The Balaban J connectivity index is 2.66. The second-order valence-electron chi connectivity index (χ2n) is 4.13. The summed E-state index contributed by atoms with van der Waals surface area (Å²) < 4.78 is 0. The summed E-state index contributed by atoms with van der Waals surface area (Å²) in [6.07, 6.45) is 3.16. The largest absolute Gasteiger partial charge is 0.481 e. The topological polar surface area (TPSA) is 54.4 Å². The molecule has 2 unspecified atom stereocenters. The van der Waals surface area contributed by atoms with Crippen molar-refractivity contribution in [1.82, 2.24) is 0 Å². The Morgan fingerprint density at radius 2 is 1.92 bits per heavy atom. The summed E-state index contributed by atoms with van der Waals surface area (Å²) in [6.45, 7) is 5.27. The summed E-state index contributed by atoms with van der Waals surface area (Å²) in [6, 6.07) is 0. The summed E-state index contributed by atoms with van der Waals surface area (Å²) in [5.74, 6) is -1.13. The molecule has 2 atom stereocenters. The molecule has 1 rings (SSSR count). The van der Waals surface area contributed by atoms with Crippen molar-refractivity contribution in [3.63, 3.8) is 0 Å². The van der Waals surface area contributed by atoms with Gasteiger partial charge < -0.3 is 5.11 Å². The highest BCUT2D eigenvalue weighted by Gasteiger charge is 2.60. The van der Waals surface area contributed by atoms with E-state index in [4.69, 9.17) is 5.11 Å². The lowest BCUT2D eigenvalue weighted by atomic mass is 10.1. The summed E-state index contributed by atoms with van der Waals surface area (Å²) in [5.41, 5.74) is -0.197. The molecule has 0 spiro atoms. The maximum absolute atomic E-state index is 10.7. The molecule has 0 radical (unpaired) electrons. The molecule has 0 aromatic carbocycles. The summed E-state index contributed by atoms with van der Waals surface area (Å²) in [4.78, 5) is 21.3. The van der Waals surface area contributed by atoms with Crippen LogP contribution in [0.5, 0.6) is 0 Å². The standard InChI is InChI=1S/C10H14O3/c1-6(11)4-5-7-8(9(12)13)10(7,2)3/h4-5,7-8H,1-3H3,(H,12,13)/b5-4+. The molecule has 0 aromatic rings. The Labute approximate surface area is 77.4 Å². The zero-order valence-corrected chi connectivity index (χ0v) is 8.07. The van der Waals surface area contributed by atoms with Crippen LogP contribution in [0.2, 0.25) is 0 Å². The minimum Gasteiger partial charge on any atom is -0.481 e.